The van der Waals surface area contributed by atoms with E-state index in [-0.39, 0.29) is 13.1 Å². The summed E-state index contributed by atoms with van der Waals surface area (Å²) in [6.07, 6.45) is 1.39. The van der Waals surface area contributed by atoms with Crippen LogP contribution in [-0.4, -0.2) is 11.3 Å². The molecule has 2 N–H and O–H groups in total. The number of hydrogen-bond donors (Lipinski definition) is 1. The molecule has 0 saturated heterocycles. The lowest BCUT2D eigenvalue weighted by atomic mass is 9.85. The molecule has 0 radical (unpaired) electrons. The third-order valence-electron chi connectivity index (χ3n) is 3.15. The molecule has 17 heavy (non-hydrogen) atoms. The number of ketones is 1. The Bertz CT molecular complexity index is 376. The number of hydrogen-bond acceptors (Lipinski definition) is 2. The maximum absolute atomic E-state index is 12.0. The summed E-state index contributed by atoms with van der Waals surface area (Å²) in [7, 11) is 0. The van der Waals surface area contributed by atoms with Gasteiger partial charge in [-0.1, -0.05) is 52.0 Å². The predicted molar refractivity (Wildman–Crippen MR) is 74.1 cm³/mol. The van der Waals surface area contributed by atoms with Gasteiger partial charge in [-0.2, -0.15) is 0 Å². The summed E-state index contributed by atoms with van der Waals surface area (Å²) >= 11 is 0. The van der Waals surface area contributed by atoms with Crippen LogP contribution in [0.2, 0.25) is 0 Å². The molecule has 0 unspecified atom stereocenters. The van der Waals surface area contributed by atoms with Gasteiger partial charge < -0.3 is 5.73 Å². The smallest absolute Gasteiger partial charge is 0.155 e. The minimum atomic E-state index is -0.655. The summed E-state index contributed by atoms with van der Waals surface area (Å²) in [6.45, 7) is 7.83. The number of carbonyl (C=O) groups excluding carboxylic acids is 1. The highest BCUT2D eigenvalue weighted by Gasteiger charge is 2.40. The van der Waals surface area contributed by atoms with Gasteiger partial charge in [0.05, 0.1) is 5.54 Å². The first kappa shape index (κ1) is 13.9. The van der Waals surface area contributed by atoms with E-state index in [1.807, 2.05) is 39.8 Å². The Morgan fingerprint density at radius 3 is 2.00 bits per heavy atom. The van der Waals surface area contributed by atoms with E-state index in [0.717, 1.165) is 0 Å². The number of rotatable bonds is 2. The van der Waals surface area contributed by atoms with Gasteiger partial charge in [0.1, 0.15) is 0 Å². The second kappa shape index (κ2) is 5.46. The minimum absolute atomic E-state index is 0. The predicted octanol–water partition coefficient (Wildman–Crippen LogP) is 2.98. The average molecular weight is 235 g/mol. The number of fused-ring (bicyclic) bond motifs is 1. The fraction of sp³-hybridized carbons (Fsp3) is 0.533. The molecular weight excluding hydrogens is 210 g/mol. The van der Waals surface area contributed by atoms with Gasteiger partial charge in [-0.25, -0.2) is 0 Å². The highest BCUT2D eigenvalue weighted by Crippen LogP contribution is 2.30. The van der Waals surface area contributed by atoms with Gasteiger partial charge in [0, 0.05) is 7.34 Å². The van der Waals surface area contributed by atoms with Crippen LogP contribution in [0.25, 0.3) is 0 Å². The number of benzene rings is 1. The van der Waals surface area contributed by atoms with Crippen LogP contribution in [-0.2, 0) is 17.6 Å². The zero-order valence-corrected chi connectivity index (χ0v) is 11.3. The highest BCUT2D eigenvalue weighted by atomic mass is 16.1. The molecule has 0 atom stereocenters. The van der Waals surface area contributed by atoms with E-state index in [1.165, 1.54) is 11.1 Å². The Balaban J connectivity index is 0.000000917. The summed E-state index contributed by atoms with van der Waals surface area (Å²) in [6, 6.07) is 8.14. The van der Waals surface area contributed by atoms with Gasteiger partial charge in [0.2, 0.25) is 0 Å². The SMILES string of the molecule is CC.CC(C)C(=O)C1(N)Cc2ccccc2C1.[HH]. The lowest BCUT2D eigenvalue weighted by molar-refractivity contribution is -0.126. The maximum atomic E-state index is 12.0. The van der Waals surface area contributed by atoms with Crippen molar-refractivity contribution < 1.29 is 6.22 Å². The molecule has 2 nitrogen and oxygen atoms in total. The largest absolute Gasteiger partial charge is 0.318 e. The Kier molecular flexibility index (Phi) is 4.47. The van der Waals surface area contributed by atoms with Crippen molar-refractivity contribution in [2.75, 3.05) is 0 Å². The fourth-order valence-corrected chi connectivity index (χ4v) is 2.39. The first-order valence-electron chi connectivity index (χ1n) is 6.43. The summed E-state index contributed by atoms with van der Waals surface area (Å²) in [5.41, 5.74) is 8.01. The molecule has 0 aliphatic heterocycles. The van der Waals surface area contributed by atoms with Crippen molar-refractivity contribution in [2.24, 2.45) is 11.7 Å². The first-order chi connectivity index (χ1) is 8.03. The Morgan fingerprint density at radius 1 is 1.24 bits per heavy atom. The van der Waals surface area contributed by atoms with Gasteiger partial charge in [-0.3, -0.25) is 4.79 Å². The van der Waals surface area contributed by atoms with Gasteiger partial charge >= 0.3 is 0 Å². The number of carbonyl (C=O) groups is 1. The van der Waals surface area contributed by atoms with Crippen LogP contribution < -0.4 is 5.73 Å². The molecule has 96 valence electrons. The van der Waals surface area contributed by atoms with Crippen molar-refractivity contribution in [3.05, 3.63) is 35.4 Å². The fourth-order valence-electron chi connectivity index (χ4n) is 2.39. The molecule has 2 heteroatoms. The van der Waals surface area contributed by atoms with Crippen molar-refractivity contribution in [1.82, 2.24) is 0 Å². The molecule has 1 aromatic carbocycles. The molecule has 0 heterocycles. The van der Waals surface area contributed by atoms with Crippen LogP contribution in [0.4, 0.5) is 0 Å². The molecule has 2 rings (SSSR count). The van der Waals surface area contributed by atoms with E-state index < -0.39 is 5.54 Å². The zero-order valence-electron chi connectivity index (χ0n) is 11.3. The molecule has 0 aromatic heterocycles. The molecule has 0 saturated carbocycles. The van der Waals surface area contributed by atoms with E-state index >= 15 is 0 Å². The maximum Gasteiger partial charge on any atom is 0.155 e. The summed E-state index contributed by atoms with van der Waals surface area (Å²) in [4.78, 5) is 12.0. The van der Waals surface area contributed by atoms with E-state index in [1.54, 1.807) is 0 Å². The summed E-state index contributed by atoms with van der Waals surface area (Å²) in [5, 5.41) is 0. The first-order valence-corrected chi connectivity index (χ1v) is 6.43. The highest BCUT2D eigenvalue weighted by molar-refractivity contribution is 5.91. The van der Waals surface area contributed by atoms with Crippen molar-refractivity contribution in [2.45, 2.75) is 46.1 Å². The van der Waals surface area contributed by atoms with Crippen molar-refractivity contribution in [3.63, 3.8) is 0 Å². The average Bonchev–Trinajstić information content (AvgIpc) is 2.68. The van der Waals surface area contributed by atoms with Gasteiger partial charge in [0.25, 0.3) is 0 Å². The molecule has 0 fully saturated rings. The van der Waals surface area contributed by atoms with Gasteiger partial charge in [0.15, 0.2) is 5.78 Å². The molecule has 1 aliphatic carbocycles. The molecule has 0 bridgehead atoms. The second-order valence-electron chi connectivity index (χ2n) is 4.80. The molecule has 0 spiro atoms. The third kappa shape index (κ3) is 2.75. The van der Waals surface area contributed by atoms with Crippen LogP contribution in [0.1, 0.15) is 40.2 Å². The van der Waals surface area contributed by atoms with Crippen LogP contribution in [0, 0.1) is 5.92 Å². The Hall–Kier alpha value is -1.15. The molecule has 1 aliphatic rings. The van der Waals surface area contributed by atoms with Crippen molar-refractivity contribution >= 4 is 5.78 Å². The molecule has 0 amide bonds. The Labute approximate surface area is 106 Å². The van der Waals surface area contributed by atoms with Crippen molar-refractivity contribution in [1.29, 1.82) is 0 Å². The number of Topliss-reactive ketones (excluding diaryl/α,β-unsaturated/α-hetero) is 1. The van der Waals surface area contributed by atoms with E-state index in [2.05, 4.69) is 12.1 Å². The molecular formula is C15H25NO. The van der Waals surface area contributed by atoms with Crippen molar-refractivity contribution in [3.8, 4) is 0 Å². The zero-order chi connectivity index (χ0) is 13.1. The summed E-state index contributed by atoms with van der Waals surface area (Å²) in [5.74, 6) is 0.197. The monoisotopic (exact) mass is 235 g/mol. The molecule has 1 aromatic rings. The normalized spacial score (nSPS) is 16.1. The van der Waals surface area contributed by atoms with Crippen LogP contribution in [0.5, 0.6) is 0 Å². The number of nitrogens with two attached hydrogens (primary N) is 1. The van der Waals surface area contributed by atoms with Crippen LogP contribution in [0.15, 0.2) is 24.3 Å². The lowest BCUT2D eigenvalue weighted by Gasteiger charge is -2.23. The Morgan fingerprint density at radius 2 is 1.65 bits per heavy atom. The van der Waals surface area contributed by atoms with E-state index in [4.69, 9.17) is 5.73 Å². The van der Waals surface area contributed by atoms with Crippen LogP contribution >= 0.6 is 0 Å². The van der Waals surface area contributed by atoms with Gasteiger partial charge in [-0.05, 0) is 24.0 Å². The topological polar surface area (TPSA) is 43.1 Å². The van der Waals surface area contributed by atoms with Crippen LogP contribution in [0.3, 0.4) is 0 Å². The standard InChI is InChI=1S/C13H17NO.C2H6.H2/c1-9(2)12(15)13(14)7-10-5-3-4-6-11(10)8-13;1-2;/h3-6,9H,7-8,14H2,1-2H3;1-2H3;1H. The second-order valence-corrected chi connectivity index (χ2v) is 4.80. The third-order valence-corrected chi connectivity index (χ3v) is 3.15. The van der Waals surface area contributed by atoms with E-state index in [0.29, 0.717) is 12.8 Å². The minimum Gasteiger partial charge on any atom is -0.318 e. The van der Waals surface area contributed by atoms with E-state index in [9.17, 15) is 4.79 Å². The quantitative estimate of drug-likeness (QED) is 0.856. The van der Waals surface area contributed by atoms with Gasteiger partial charge in [-0.15, -0.1) is 0 Å². The summed E-state index contributed by atoms with van der Waals surface area (Å²) < 4.78 is 0. The lowest BCUT2D eigenvalue weighted by Crippen LogP contribution is -2.50.